The van der Waals surface area contributed by atoms with Gasteiger partial charge in [0.05, 0.1) is 9.83 Å². The molecule has 4 heteroatoms. The summed E-state index contributed by atoms with van der Waals surface area (Å²) in [6.45, 7) is 4.22. The summed E-state index contributed by atoms with van der Waals surface area (Å²) in [6.07, 6.45) is 0. The SMILES string of the molecule is Cc1cc(Cl)ccc1NC(C)c1ccc(Br)s1. The molecule has 1 N–H and O–H groups in total. The first kappa shape index (κ1) is 12.9. The van der Waals surface area contributed by atoms with E-state index in [1.165, 1.54) is 10.4 Å². The molecular formula is C13H13BrClNS. The first-order valence-corrected chi connectivity index (χ1v) is 7.33. The van der Waals surface area contributed by atoms with Crippen LogP contribution in [0, 0.1) is 6.92 Å². The third-order valence-corrected chi connectivity index (χ3v) is 4.62. The normalized spacial score (nSPS) is 12.5. The van der Waals surface area contributed by atoms with Crippen molar-refractivity contribution >= 4 is 44.6 Å². The van der Waals surface area contributed by atoms with E-state index >= 15 is 0 Å². The minimum Gasteiger partial charge on any atom is -0.377 e. The van der Waals surface area contributed by atoms with E-state index in [2.05, 4.69) is 47.2 Å². The standard InChI is InChI=1S/C13H13BrClNS/c1-8-7-10(15)3-4-11(8)16-9(2)12-5-6-13(14)17-12/h3-7,9,16H,1-2H3. The highest BCUT2D eigenvalue weighted by Gasteiger charge is 2.09. The van der Waals surface area contributed by atoms with Gasteiger partial charge in [-0.15, -0.1) is 11.3 Å². The predicted octanol–water partition coefficient (Wildman–Crippen LogP) is 5.65. The van der Waals surface area contributed by atoms with Gasteiger partial charge in [0.1, 0.15) is 0 Å². The molecule has 2 rings (SSSR count). The van der Waals surface area contributed by atoms with Crippen molar-refractivity contribution in [3.8, 4) is 0 Å². The maximum Gasteiger partial charge on any atom is 0.0702 e. The summed E-state index contributed by atoms with van der Waals surface area (Å²) < 4.78 is 1.16. The van der Waals surface area contributed by atoms with Gasteiger partial charge >= 0.3 is 0 Å². The molecule has 1 unspecified atom stereocenters. The first-order chi connectivity index (χ1) is 8.06. The number of hydrogen-bond acceptors (Lipinski definition) is 2. The van der Waals surface area contributed by atoms with E-state index in [-0.39, 0.29) is 0 Å². The van der Waals surface area contributed by atoms with E-state index in [0.717, 1.165) is 14.5 Å². The third-order valence-electron chi connectivity index (χ3n) is 2.58. The van der Waals surface area contributed by atoms with E-state index in [1.54, 1.807) is 11.3 Å². The molecule has 0 saturated carbocycles. The van der Waals surface area contributed by atoms with Crippen molar-refractivity contribution in [3.05, 3.63) is 49.6 Å². The predicted molar refractivity (Wildman–Crippen MR) is 80.2 cm³/mol. The Labute approximate surface area is 119 Å². The molecule has 0 bridgehead atoms. The van der Waals surface area contributed by atoms with Gasteiger partial charge in [0.15, 0.2) is 0 Å². The summed E-state index contributed by atoms with van der Waals surface area (Å²) in [5.74, 6) is 0. The molecule has 2 aromatic rings. The van der Waals surface area contributed by atoms with Gasteiger partial charge in [0, 0.05) is 15.6 Å². The zero-order valence-corrected chi connectivity index (χ0v) is 12.8. The number of hydrogen-bond donors (Lipinski definition) is 1. The number of nitrogens with one attached hydrogen (secondary N) is 1. The number of thiophene rings is 1. The van der Waals surface area contributed by atoms with Gasteiger partial charge in [-0.25, -0.2) is 0 Å². The van der Waals surface area contributed by atoms with Crippen LogP contribution in [-0.2, 0) is 0 Å². The van der Waals surface area contributed by atoms with Crippen LogP contribution in [0.5, 0.6) is 0 Å². The molecule has 1 aromatic heterocycles. The van der Waals surface area contributed by atoms with Gasteiger partial charge in [-0.05, 0) is 65.7 Å². The van der Waals surface area contributed by atoms with Gasteiger partial charge in [0.25, 0.3) is 0 Å². The number of benzene rings is 1. The Morgan fingerprint density at radius 2 is 2.06 bits per heavy atom. The molecule has 90 valence electrons. The highest BCUT2D eigenvalue weighted by Crippen LogP contribution is 2.30. The van der Waals surface area contributed by atoms with Crippen molar-refractivity contribution < 1.29 is 0 Å². The van der Waals surface area contributed by atoms with Crippen LogP contribution < -0.4 is 5.32 Å². The minimum atomic E-state index is 0.297. The molecule has 0 spiro atoms. The van der Waals surface area contributed by atoms with Gasteiger partial charge in [0.2, 0.25) is 0 Å². The molecule has 0 aliphatic rings. The summed E-state index contributed by atoms with van der Waals surface area (Å²) in [5.41, 5.74) is 2.30. The van der Waals surface area contributed by atoms with Gasteiger partial charge in [-0.1, -0.05) is 11.6 Å². The molecule has 1 aromatic carbocycles. The summed E-state index contributed by atoms with van der Waals surface area (Å²) in [5, 5.41) is 4.28. The summed E-state index contributed by atoms with van der Waals surface area (Å²) in [6, 6.07) is 10.4. The fourth-order valence-corrected chi connectivity index (χ4v) is 3.31. The molecule has 1 heterocycles. The Kier molecular flexibility index (Phi) is 4.13. The van der Waals surface area contributed by atoms with Gasteiger partial charge in [-0.2, -0.15) is 0 Å². The van der Waals surface area contributed by atoms with Crippen LogP contribution in [0.4, 0.5) is 5.69 Å². The Morgan fingerprint density at radius 3 is 2.65 bits per heavy atom. The number of halogens is 2. The monoisotopic (exact) mass is 329 g/mol. The van der Waals surface area contributed by atoms with Crippen LogP contribution in [0.25, 0.3) is 0 Å². The molecule has 0 amide bonds. The topological polar surface area (TPSA) is 12.0 Å². The van der Waals surface area contributed by atoms with Crippen LogP contribution in [0.2, 0.25) is 5.02 Å². The highest BCUT2D eigenvalue weighted by atomic mass is 79.9. The Balaban J connectivity index is 2.15. The van der Waals surface area contributed by atoms with Crippen LogP contribution in [0.15, 0.2) is 34.1 Å². The second-order valence-electron chi connectivity index (χ2n) is 3.97. The molecule has 0 radical (unpaired) electrons. The maximum absolute atomic E-state index is 5.94. The Morgan fingerprint density at radius 1 is 1.29 bits per heavy atom. The molecular weight excluding hydrogens is 318 g/mol. The van der Waals surface area contributed by atoms with Crippen LogP contribution in [0.3, 0.4) is 0 Å². The largest absolute Gasteiger partial charge is 0.377 e. The quantitative estimate of drug-likeness (QED) is 0.767. The van der Waals surface area contributed by atoms with Crippen molar-refractivity contribution in [2.24, 2.45) is 0 Å². The summed E-state index contributed by atoms with van der Waals surface area (Å²) >= 11 is 11.2. The average molecular weight is 331 g/mol. The molecule has 17 heavy (non-hydrogen) atoms. The van der Waals surface area contributed by atoms with Gasteiger partial charge < -0.3 is 5.32 Å². The molecule has 0 aliphatic heterocycles. The lowest BCUT2D eigenvalue weighted by Crippen LogP contribution is -2.05. The first-order valence-electron chi connectivity index (χ1n) is 5.34. The Bertz CT molecular complexity index is 524. The second-order valence-corrected chi connectivity index (χ2v) is 6.90. The lowest BCUT2D eigenvalue weighted by molar-refractivity contribution is 0.905. The second kappa shape index (κ2) is 5.42. The fourth-order valence-electron chi connectivity index (χ4n) is 1.65. The number of rotatable bonds is 3. The zero-order chi connectivity index (χ0) is 12.4. The fraction of sp³-hybridized carbons (Fsp3) is 0.231. The van der Waals surface area contributed by atoms with Crippen molar-refractivity contribution in [2.75, 3.05) is 5.32 Å². The zero-order valence-electron chi connectivity index (χ0n) is 9.63. The van der Waals surface area contributed by atoms with Crippen molar-refractivity contribution in [2.45, 2.75) is 19.9 Å². The lowest BCUT2D eigenvalue weighted by atomic mass is 10.1. The molecule has 1 atom stereocenters. The molecule has 0 saturated heterocycles. The van der Waals surface area contributed by atoms with Crippen molar-refractivity contribution in [3.63, 3.8) is 0 Å². The van der Waals surface area contributed by atoms with Gasteiger partial charge in [-0.3, -0.25) is 0 Å². The van der Waals surface area contributed by atoms with Crippen LogP contribution >= 0.6 is 38.9 Å². The Hall–Kier alpha value is -0.510. The van der Waals surface area contributed by atoms with E-state index < -0.39 is 0 Å². The summed E-state index contributed by atoms with van der Waals surface area (Å²) in [4.78, 5) is 1.31. The maximum atomic E-state index is 5.94. The number of anilines is 1. The lowest BCUT2D eigenvalue weighted by Gasteiger charge is -2.15. The van der Waals surface area contributed by atoms with E-state index in [9.17, 15) is 0 Å². The highest BCUT2D eigenvalue weighted by molar-refractivity contribution is 9.11. The summed E-state index contributed by atoms with van der Waals surface area (Å²) in [7, 11) is 0. The van der Waals surface area contributed by atoms with Crippen LogP contribution in [0.1, 0.15) is 23.4 Å². The smallest absolute Gasteiger partial charge is 0.0702 e. The van der Waals surface area contributed by atoms with Crippen molar-refractivity contribution in [1.29, 1.82) is 0 Å². The molecule has 0 fully saturated rings. The average Bonchev–Trinajstić information content (AvgIpc) is 2.69. The van der Waals surface area contributed by atoms with E-state index in [0.29, 0.717) is 6.04 Å². The number of aryl methyl sites for hydroxylation is 1. The molecule has 0 aliphatic carbocycles. The van der Waals surface area contributed by atoms with E-state index in [1.807, 2.05) is 18.2 Å². The van der Waals surface area contributed by atoms with E-state index in [4.69, 9.17) is 11.6 Å². The molecule has 1 nitrogen and oxygen atoms in total. The third kappa shape index (κ3) is 3.24. The van der Waals surface area contributed by atoms with Crippen LogP contribution in [-0.4, -0.2) is 0 Å². The van der Waals surface area contributed by atoms with Crippen molar-refractivity contribution in [1.82, 2.24) is 0 Å². The minimum absolute atomic E-state index is 0.297.